The lowest BCUT2D eigenvalue weighted by Crippen LogP contribution is -2.29. The van der Waals surface area contributed by atoms with Crippen LogP contribution in [0.25, 0.3) is 0 Å². The molecule has 0 heterocycles. The SMILES string of the molecule is CCS(=O)CCNS(=O)(=O)c1c(C)cccc1N. The van der Waals surface area contributed by atoms with Crippen LogP contribution < -0.4 is 10.5 Å². The van der Waals surface area contributed by atoms with Crippen molar-refractivity contribution < 1.29 is 12.6 Å². The highest BCUT2D eigenvalue weighted by Gasteiger charge is 2.19. The van der Waals surface area contributed by atoms with Crippen LogP contribution in [0.1, 0.15) is 12.5 Å². The first-order chi connectivity index (χ1) is 8.38. The summed E-state index contributed by atoms with van der Waals surface area (Å²) >= 11 is 0. The Labute approximate surface area is 110 Å². The lowest BCUT2D eigenvalue weighted by molar-refractivity contribution is 0.584. The van der Waals surface area contributed by atoms with Crippen molar-refractivity contribution in [3.63, 3.8) is 0 Å². The minimum Gasteiger partial charge on any atom is -0.398 e. The lowest BCUT2D eigenvalue weighted by atomic mass is 10.2. The monoisotopic (exact) mass is 290 g/mol. The average molecular weight is 290 g/mol. The van der Waals surface area contributed by atoms with E-state index in [4.69, 9.17) is 5.73 Å². The van der Waals surface area contributed by atoms with E-state index in [1.807, 2.05) is 0 Å². The standard InChI is InChI=1S/C11H18N2O3S2/c1-3-17(14)8-7-13-18(15,16)11-9(2)5-4-6-10(11)12/h4-6,13H,3,7-8,12H2,1-2H3. The summed E-state index contributed by atoms with van der Waals surface area (Å²) in [5, 5.41) is 0. The van der Waals surface area contributed by atoms with Gasteiger partial charge >= 0.3 is 0 Å². The normalized spacial score (nSPS) is 13.4. The zero-order valence-corrected chi connectivity index (χ0v) is 12.1. The molecule has 7 heteroatoms. The summed E-state index contributed by atoms with van der Waals surface area (Å²) in [6, 6.07) is 4.94. The molecular formula is C11H18N2O3S2. The number of nitrogens with two attached hydrogens (primary N) is 1. The van der Waals surface area contributed by atoms with Gasteiger partial charge in [0.15, 0.2) is 0 Å². The van der Waals surface area contributed by atoms with Crippen molar-refractivity contribution in [2.45, 2.75) is 18.7 Å². The Hall–Kier alpha value is -0.920. The number of nitrogens with one attached hydrogen (secondary N) is 1. The molecule has 0 spiro atoms. The topological polar surface area (TPSA) is 89.3 Å². The predicted octanol–water partition coefficient (Wildman–Crippen LogP) is 0.624. The summed E-state index contributed by atoms with van der Waals surface area (Å²) in [4.78, 5) is 0.104. The number of hydrogen-bond donors (Lipinski definition) is 2. The van der Waals surface area contributed by atoms with Crippen molar-refractivity contribution in [2.75, 3.05) is 23.8 Å². The Balaban J connectivity index is 2.84. The van der Waals surface area contributed by atoms with E-state index in [-0.39, 0.29) is 17.1 Å². The molecule has 0 aliphatic carbocycles. The number of nitrogen functional groups attached to an aromatic ring is 1. The summed E-state index contributed by atoms with van der Waals surface area (Å²) < 4.78 is 37.7. The average Bonchev–Trinajstić information content (AvgIpc) is 2.27. The van der Waals surface area contributed by atoms with E-state index in [9.17, 15) is 12.6 Å². The van der Waals surface area contributed by atoms with Gasteiger partial charge in [-0.15, -0.1) is 0 Å². The highest BCUT2D eigenvalue weighted by Crippen LogP contribution is 2.21. The number of anilines is 1. The second kappa shape index (κ2) is 6.31. The maximum atomic E-state index is 12.1. The van der Waals surface area contributed by atoms with E-state index >= 15 is 0 Å². The van der Waals surface area contributed by atoms with Crippen LogP contribution in [0.3, 0.4) is 0 Å². The number of sulfonamides is 1. The molecule has 3 N–H and O–H groups in total. The van der Waals surface area contributed by atoms with Crippen LogP contribution >= 0.6 is 0 Å². The zero-order chi connectivity index (χ0) is 13.8. The fourth-order valence-corrected chi connectivity index (χ4v) is 3.68. The van der Waals surface area contributed by atoms with Gasteiger partial charge in [0.1, 0.15) is 4.90 Å². The zero-order valence-electron chi connectivity index (χ0n) is 10.5. The van der Waals surface area contributed by atoms with Crippen molar-refractivity contribution in [3.05, 3.63) is 23.8 Å². The molecule has 0 amide bonds. The van der Waals surface area contributed by atoms with Gasteiger partial charge in [-0.05, 0) is 18.6 Å². The molecule has 5 nitrogen and oxygen atoms in total. The molecule has 18 heavy (non-hydrogen) atoms. The predicted molar refractivity (Wildman–Crippen MR) is 74.3 cm³/mol. The van der Waals surface area contributed by atoms with Gasteiger partial charge in [-0.25, -0.2) is 13.1 Å². The van der Waals surface area contributed by atoms with E-state index in [2.05, 4.69) is 4.72 Å². The van der Waals surface area contributed by atoms with E-state index in [0.29, 0.717) is 17.1 Å². The summed E-state index contributed by atoms with van der Waals surface area (Å²) in [5.41, 5.74) is 6.50. The van der Waals surface area contributed by atoms with E-state index < -0.39 is 20.8 Å². The first-order valence-electron chi connectivity index (χ1n) is 5.58. The van der Waals surface area contributed by atoms with Crippen molar-refractivity contribution in [1.82, 2.24) is 4.72 Å². The fourth-order valence-electron chi connectivity index (χ4n) is 1.55. The second-order valence-corrected chi connectivity index (χ2v) is 7.39. The van der Waals surface area contributed by atoms with Gasteiger partial charge in [-0.1, -0.05) is 19.1 Å². The summed E-state index contributed by atoms with van der Waals surface area (Å²) in [5.74, 6) is 0.829. The van der Waals surface area contributed by atoms with Gasteiger partial charge in [0.2, 0.25) is 10.0 Å². The highest BCUT2D eigenvalue weighted by atomic mass is 32.2. The molecule has 0 saturated heterocycles. The summed E-state index contributed by atoms with van der Waals surface area (Å²) in [6.07, 6.45) is 0. The first kappa shape index (κ1) is 15.1. The molecule has 0 bridgehead atoms. The molecule has 1 rings (SSSR count). The quantitative estimate of drug-likeness (QED) is 0.752. The van der Waals surface area contributed by atoms with Gasteiger partial charge in [0.05, 0.1) is 5.69 Å². The largest absolute Gasteiger partial charge is 0.398 e. The van der Waals surface area contributed by atoms with Crippen LogP contribution in [-0.2, 0) is 20.8 Å². The second-order valence-electron chi connectivity index (χ2n) is 3.82. The molecule has 1 aromatic carbocycles. The third-order valence-corrected chi connectivity index (χ3v) is 5.44. The minimum absolute atomic E-state index is 0.104. The lowest BCUT2D eigenvalue weighted by Gasteiger charge is -2.11. The van der Waals surface area contributed by atoms with Gasteiger partial charge in [0.25, 0.3) is 0 Å². The molecule has 0 fully saturated rings. The Morgan fingerprint density at radius 2 is 2.06 bits per heavy atom. The van der Waals surface area contributed by atoms with E-state index in [1.54, 1.807) is 32.0 Å². The maximum absolute atomic E-state index is 12.1. The molecule has 1 aromatic rings. The summed E-state index contributed by atoms with van der Waals surface area (Å²) in [6.45, 7) is 3.63. The third kappa shape index (κ3) is 3.79. The number of hydrogen-bond acceptors (Lipinski definition) is 4. The Morgan fingerprint density at radius 3 is 2.61 bits per heavy atom. The van der Waals surface area contributed by atoms with Gasteiger partial charge < -0.3 is 5.73 Å². The molecule has 0 radical (unpaired) electrons. The maximum Gasteiger partial charge on any atom is 0.242 e. The van der Waals surface area contributed by atoms with Crippen molar-refractivity contribution in [3.8, 4) is 0 Å². The number of aryl methyl sites for hydroxylation is 1. The van der Waals surface area contributed by atoms with Crippen molar-refractivity contribution >= 4 is 26.5 Å². The molecule has 0 aromatic heterocycles. The van der Waals surface area contributed by atoms with Crippen LogP contribution in [-0.4, -0.2) is 30.7 Å². The molecular weight excluding hydrogens is 272 g/mol. The number of benzene rings is 1. The third-order valence-electron chi connectivity index (χ3n) is 2.45. The van der Waals surface area contributed by atoms with Gasteiger partial charge in [-0.3, -0.25) is 4.21 Å². The molecule has 0 saturated carbocycles. The number of rotatable bonds is 6. The van der Waals surface area contributed by atoms with Crippen molar-refractivity contribution in [2.24, 2.45) is 0 Å². The minimum atomic E-state index is -3.63. The van der Waals surface area contributed by atoms with Crippen LogP contribution in [0.4, 0.5) is 5.69 Å². The van der Waals surface area contributed by atoms with E-state index in [0.717, 1.165) is 0 Å². The summed E-state index contributed by atoms with van der Waals surface area (Å²) in [7, 11) is -4.62. The molecule has 0 aliphatic rings. The van der Waals surface area contributed by atoms with Crippen LogP contribution in [0.15, 0.2) is 23.1 Å². The Bertz CT molecular complexity index is 521. The van der Waals surface area contributed by atoms with Crippen LogP contribution in [0.5, 0.6) is 0 Å². The van der Waals surface area contributed by atoms with Crippen molar-refractivity contribution in [1.29, 1.82) is 0 Å². The van der Waals surface area contributed by atoms with Crippen LogP contribution in [0.2, 0.25) is 0 Å². The highest BCUT2D eigenvalue weighted by molar-refractivity contribution is 7.89. The van der Waals surface area contributed by atoms with Gasteiger partial charge in [0, 0.05) is 28.9 Å². The first-order valence-corrected chi connectivity index (χ1v) is 8.55. The van der Waals surface area contributed by atoms with Crippen LogP contribution in [0, 0.1) is 6.92 Å². The molecule has 102 valence electrons. The Morgan fingerprint density at radius 1 is 1.39 bits per heavy atom. The Kier molecular flexibility index (Phi) is 5.30. The fraction of sp³-hybridized carbons (Fsp3) is 0.455. The molecule has 1 unspecified atom stereocenters. The molecule has 0 aliphatic heterocycles. The van der Waals surface area contributed by atoms with Gasteiger partial charge in [-0.2, -0.15) is 0 Å². The van der Waals surface area contributed by atoms with E-state index in [1.165, 1.54) is 0 Å². The smallest absolute Gasteiger partial charge is 0.242 e. The molecule has 1 atom stereocenters.